The van der Waals surface area contributed by atoms with E-state index >= 15 is 0 Å². The molecule has 7 nitrogen and oxygen atoms in total. The van der Waals surface area contributed by atoms with E-state index in [4.69, 9.17) is 11.6 Å². The van der Waals surface area contributed by atoms with Crippen LogP contribution in [-0.2, 0) is 17.6 Å². The number of hydrogen-bond donors (Lipinski definition) is 3. The van der Waals surface area contributed by atoms with E-state index in [1.54, 1.807) is 0 Å². The lowest BCUT2D eigenvalue weighted by Crippen LogP contribution is -2.25. The monoisotopic (exact) mass is 430 g/mol. The van der Waals surface area contributed by atoms with Crippen molar-refractivity contribution < 1.29 is 9.59 Å². The first kappa shape index (κ1) is 20.8. The number of benzene rings is 1. The number of carbonyl (C=O) groups is 2. The van der Waals surface area contributed by atoms with E-state index in [0.717, 1.165) is 17.7 Å². The highest BCUT2D eigenvalue weighted by atomic mass is 35.5. The number of nitrogens with zero attached hydrogens (tertiary/aromatic N) is 1. The minimum Gasteiger partial charge on any atom is -0.356 e. The second kappa shape index (κ2) is 9.99. The molecule has 9 heteroatoms. The van der Waals surface area contributed by atoms with Gasteiger partial charge in [0.05, 0.1) is 11.3 Å². The molecule has 0 bridgehead atoms. The zero-order valence-electron chi connectivity index (χ0n) is 15.4. The molecule has 0 radical (unpaired) electrons. The fourth-order valence-corrected chi connectivity index (χ4v) is 3.39. The van der Waals surface area contributed by atoms with E-state index in [1.807, 2.05) is 29.6 Å². The van der Waals surface area contributed by atoms with Crippen molar-refractivity contribution in [3.63, 3.8) is 0 Å². The molecule has 0 unspecified atom stereocenters. The first-order chi connectivity index (χ1) is 14.0. The van der Waals surface area contributed by atoms with E-state index in [0.29, 0.717) is 35.1 Å². The molecule has 150 valence electrons. The van der Waals surface area contributed by atoms with Crippen LogP contribution >= 0.6 is 22.9 Å². The molecule has 0 aliphatic carbocycles. The van der Waals surface area contributed by atoms with Gasteiger partial charge >= 0.3 is 0 Å². The zero-order chi connectivity index (χ0) is 20.6. The normalized spacial score (nSPS) is 10.5. The lowest BCUT2D eigenvalue weighted by atomic mass is 10.1. The van der Waals surface area contributed by atoms with Gasteiger partial charge in [-0.25, -0.2) is 4.98 Å². The number of nitrogens with one attached hydrogen (secondary N) is 3. The third-order valence-electron chi connectivity index (χ3n) is 4.08. The Labute approximate surface area is 176 Å². The van der Waals surface area contributed by atoms with E-state index in [2.05, 4.69) is 20.6 Å². The second-order valence-electron chi connectivity index (χ2n) is 6.27. The maximum Gasteiger partial charge on any atom is 0.258 e. The molecule has 0 spiro atoms. The van der Waals surface area contributed by atoms with Gasteiger partial charge in [-0.15, -0.1) is 11.3 Å². The van der Waals surface area contributed by atoms with Crippen LogP contribution in [0.2, 0.25) is 5.02 Å². The topological polar surface area (TPSA) is 104 Å². The predicted octanol–water partition coefficient (Wildman–Crippen LogP) is 3.03. The van der Waals surface area contributed by atoms with Gasteiger partial charge in [-0.3, -0.25) is 19.7 Å². The summed E-state index contributed by atoms with van der Waals surface area (Å²) in [6.07, 6.45) is 2.89. The third kappa shape index (κ3) is 6.55. The summed E-state index contributed by atoms with van der Waals surface area (Å²) < 4.78 is 0. The van der Waals surface area contributed by atoms with Crippen molar-refractivity contribution in [3.05, 3.63) is 80.2 Å². The molecule has 2 amide bonds. The van der Waals surface area contributed by atoms with Gasteiger partial charge in [-0.05, 0) is 36.6 Å². The quantitative estimate of drug-likeness (QED) is 0.511. The van der Waals surface area contributed by atoms with Crippen LogP contribution in [0.5, 0.6) is 0 Å². The third-order valence-corrected chi connectivity index (χ3v) is 5.13. The Kier molecular flexibility index (Phi) is 7.15. The molecule has 0 saturated carbocycles. The number of H-pyrrole nitrogens is 1. The summed E-state index contributed by atoms with van der Waals surface area (Å²) in [4.78, 5) is 41.9. The highest BCUT2D eigenvalue weighted by Crippen LogP contribution is 2.17. The van der Waals surface area contributed by atoms with Gasteiger partial charge in [-0.2, -0.15) is 0 Å². The fraction of sp³-hybridized carbons (Fsp3) is 0.200. The second-order valence-corrected chi connectivity index (χ2v) is 7.56. The molecular formula is C20H19ClN4O3S. The van der Waals surface area contributed by atoms with Crippen molar-refractivity contribution in [2.24, 2.45) is 0 Å². The molecule has 0 aliphatic rings. The van der Waals surface area contributed by atoms with Crippen LogP contribution in [0.4, 0.5) is 5.13 Å². The summed E-state index contributed by atoms with van der Waals surface area (Å²) in [7, 11) is 0. The zero-order valence-corrected chi connectivity index (χ0v) is 17.0. The van der Waals surface area contributed by atoms with Gasteiger partial charge in [0.1, 0.15) is 0 Å². The molecule has 0 saturated heterocycles. The largest absolute Gasteiger partial charge is 0.356 e. The average Bonchev–Trinajstić information content (AvgIpc) is 3.16. The fourth-order valence-electron chi connectivity index (χ4n) is 2.53. The molecule has 2 aromatic heterocycles. The van der Waals surface area contributed by atoms with E-state index in [-0.39, 0.29) is 17.4 Å². The minimum absolute atomic E-state index is 0.0502. The Morgan fingerprint density at radius 2 is 1.90 bits per heavy atom. The number of thiazole rings is 1. The van der Waals surface area contributed by atoms with Gasteiger partial charge in [0.2, 0.25) is 11.5 Å². The molecule has 0 atom stereocenters. The van der Waals surface area contributed by atoms with Gasteiger partial charge in [0.25, 0.3) is 5.91 Å². The number of halogens is 1. The van der Waals surface area contributed by atoms with Gasteiger partial charge in [0.15, 0.2) is 5.13 Å². The summed E-state index contributed by atoms with van der Waals surface area (Å²) in [5.41, 5.74) is 1.91. The van der Waals surface area contributed by atoms with Crippen molar-refractivity contribution in [1.82, 2.24) is 15.3 Å². The molecule has 1 aromatic carbocycles. The van der Waals surface area contributed by atoms with Gasteiger partial charge in [-0.1, -0.05) is 23.7 Å². The summed E-state index contributed by atoms with van der Waals surface area (Å²) in [6, 6.07) is 10.3. The number of rotatable bonds is 8. The smallest absolute Gasteiger partial charge is 0.258 e. The summed E-state index contributed by atoms with van der Waals surface area (Å²) in [5, 5.41) is 8.51. The Balaban J connectivity index is 1.40. The highest BCUT2D eigenvalue weighted by molar-refractivity contribution is 7.14. The van der Waals surface area contributed by atoms with Crippen LogP contribution in [0, 0.1) is 0 Å². The van der Waals surface area contributed by atoms with E-state index in [1.165, 1.54) is 29.7 Å². The van der Waals surface area contributed by atoms with E-state index in [9.17, 15) is 14.4 Å². The molecule has 3 rings (SSSR count). The number of anilines is 1. The van der Waals surface area contributed by atoms with Crippen LogP contribution in [-0.4, -0.2) is 28.3 Å². The number of hydrogen-bond acceptors (Lipinski definition) is 5. The van der Waals surface area contributed by atoms with Crippen molar-refractivity contribution in [3.8, 4) is 0 Å². The number of aryl methyl sites for hydroxylation is 1. The maximum atomic E-state index is 12.1. The molecule has 29 heavy (non-hydrogen) atoms. The van der Waals surface area contributed by atoms with Crippen molar-refractivity contribution in [1.29, 1.82) is 0 Å². The van der Waals surface area contributed by atoms with Gasteiger partial charge < -0.3 is 10.3 Å². The molecule has 3 aromatic rings. The number of pyridine rings is 1. The first-order valence-corrected chi connectivity index (χ1v) is 10.2. The SMILES string of the molecule is O=C(CCc1csc(NC(=O)c2ccc(=O)[nH]c2)n1)NCCc1ccc(Cl)cc1. The average molecular weight is 431 g/mol. The van der Waals surface area contributed by atoms with Crippen LogP contribution in [0.1, 0.15) is 28.0 Å². The molecule has 0 aliphatic heterocycles. The van der Waals surface area contributed by atoms with Crippen LogP contribution < -0.4 is 16.2 Å². The summed E-state index contributed by atoms with van der Waals surface area (Å²) >= 11 is 7.14. The Morgan fingerprint density at radius 3 is 2.62 bits per heavy atom. The Morgan fingerprint density at radius 1 is 1.10 bits per heavy atom. The number of carbonyl (C=O) groups excluding carboxylic acids is 2. The molecule has 0 fully saturated rings. The predicted molar refractivity (Wildman–Crippen MR) is 114 cm³/mol. The van der Waals surface area contributed by atoms with Crippen LogP contribution in [0.15, 0.2) is 52.8 Å². The van der Waals surface area contributed by atoms with E-state index < -0.39 is 0 Å². The number of aromatic nitrogens is 2. The van der Waals surface area contributed by atoms with Crippen molar-refractivity contribution in [2.75, 3.05) is 11.9 Å². The maximum absolute atomic E-state index is 12.1. The molecule has 2 heterocycles. The van der Waals surface area contributed by atoms with Crippen LogP contribution in [0.25, 0.3) is 0 Å². The Hall–Kier alpha value is -2.97. The summed E-state index contributed by atoms with van der Waals surface area (Å²) in [5.74, 6) is -0.409. The number of amides is 2. The van der Waals surface area contributed by atoms with Crippen molar-refractivity contribution in [2.45, 2.75) is 19.3 Å². The van der Waals surface area contributed by atoms with Crippen LogP contribution in [0.3, 0.4) is 0 Å². The lowest BCUT2D eigenvalue weighted by Gasteiger charge is -2.05. The minimum atomic E-state index is -0.359. The summed E-state index contributed by atoms with van der Waals surface area (Å²) in [6.45, 7) is 0.554. The molecule has 3 N–H and O–H groups in total. The Bertz CT molecular complexity index is 1030. The standard InChI is InChI=1S/C20H19ClN4O3S/c21-15-4-1-13(2-5-15)9-10-22-17(26)8-6-16-12-29-20(24-16)25-19(28)14-3-7-18(27)23-11-14/h1-5,7,11-12H,6,8-10H2,(H,22,26)(H,23,27)(H,24,25,28). The molecular weight excluding hydrogens is 412 g/mol. The highest BCUT2D eigenvalue weighted by Gasteiger charge is 2.10. The van der Waals surface area contributed by atoms with Gasteiger partial charge in [0, 0.05) is 35.6 Å². The lowest BCUT2D eigenvalue weighted by molar-refractivity contribution is -0.121. The van der Waals surface area contributed by atoms with Crippen molar-refractivity contribution >= 4 is 39.9 Å². The first-order valence-electron chi connectivity index (χ1n) is 8.95. The number of aromatic amines is 1.